The van der Waals surface area contributed by atoms with E-state index in [0.29, 0.717) is 12.1 Å². The maximum atomic E-state index is 5.86. The summed E-state index contributed by atoms with van der Waals surface area (Å²) in [5, 5.41) is 3.46. The Balaban J connectivity index is 1.79. The van der Waals surface area contributed by atoms with Crippen molar-refractivity contribution in [1.82, 2.24) is 5.32 Å². The van der Waals surface area contributed by atoms with Crippen molar-refractivity contribution in [3.8, 4) is 0 Å². The largest absolute Gasteiger partial charge is 0.375 e. The highest BCUT2D eigenvalue weighted by atomic mass is 32.2. The molecular weight excluding hydrogens is 206 g/mol. The molecule has 0 amide bonds. The van der Waals surface area contributed by atoms with Gasteiger partial charge in [0.2, 0.25) is 0 Å². The van der Waals surface area contributed by atoms with E-state index in [4.69, 9.17) is 4.74 Å². The maximum absolute atomic E-state index is 5.86. The summed E-state index contributed by atoms with van der Waals surface area (Å²) in [5.74, 6) is 3.31. The van der Waals surface area contributed by atoms with E-state index in [1.165, 1.54) is 43.6 Å². The lowest BCUT2D eigenvalue weighted by Crippen LogP contribution is -2.44. The van der Waals surface area contributed by atoms with E-state index in [1.54, 1.807) is 0 Å². The number of nitrogens with one attached hydrogen (secondary N) is 1. The molecule has 1 heterocycles. The lowest BCUT2D eigenvalue weighted by atomic mass is 9.95. The van der Waals surface area contributed by atoms with Crippen LogP contribution in [0.5, 0.6) is 0 Å². The predicted octanol–water partition coefficient (Wildman–Crippen LogP) is 2.29. The third-order valence-corrected chi connectivity index (χ3v) is 4.74. The summed E-state index contributed by atoms with van der Waals surface area (Å²) in [5.41, 5.74) is 0. The van der Waals surface area contributed by atoms with Gasteiger partial charge in [0.1, 0.15) is 0 Å². The van der Waals surface area contributed by atoms with Crippen LogP contribution in [0.4, 0.5) is 0 Å². The molecular formula is C12H23NOS. The van der Waals surface area contributed by atoms with Gasteiger partial charge in [0.15, 0.2) is 0 Å². The molecule has 1 aliphatic carbocycles. The first-order chi connectivity index (χ1) is 7.40. The van der Waals surface area contributed by atoms with Gasteiger partial charge in [-0.05, 0) is 19.4 Å². The normalized spacial score (nSPS) is 30.6. The van der Waals surface area contributed by atoms with Crippen molar-refractivity contribution in [2.24, 2.45) is 5.92 Å². The summed E-state index contributed by atoms with van der Waals surface area (Å²) in [6.45, 7) is 0.943. The van der Waals surface area contributed by atoms with Crippen molar-refractivity contribution in [3.05, 3.63) is 0 Å². The molecule has 2 atom stereocenters. The van der Waals surface area contributed by atoms with Crippen molar-refractivity contribution >= 4 is 11.8 Å². The second kappa shape index (κ2) is 6.12. The number of ether oxygens (including phenoxy) is 1. The first-order valence-electron chi connectivity index (χ1n) is 6.26. The molecule has 2 unspecified atom stereocenters. The van der Waals surface area contributed by atoms with Crippen molar-refractivity contribution in [2.75, 3.05) is 25.2 Å². The van der Waals surface area contributed by atoms with E-state index in [0.717, 1.165) is 12.5 Å². The topological polar surface area (TPSA) is 21.3 Å². The molecule has 0 radical (unpaired) electrons. The van der Waals surface area contributed by atoms with Gasteiger partial charge in [0, 0.05) is 17.5 Å². The average molecular weight is 229 g/mol. The van der Waals surface area contributed by atoms with E-state index >= 15 is 0 Å². The zero-order chi connectivity index (χ0) is 10.5. The van der Waals surface area contributed by atoms with Crippen LogP contribution in [0.25, 0.3) is 0 Å². The van der Waals surface area contributed by atoms with Crippen LogP contribution < -0.4 is 5.32 Å². The van der Waals surface area contributed by atoms with Crippen molar-refractivity contribution < 1.29 is 4.74 Å². The van der Waals surface area contributed by atoms with E-state index in [-0.39, 0.29) is 0 Å². The number of thioether (sulfide) groups is 1. The molecule has 0 aromatic carbocycles. The van der Waals surface area contributed by atoms with Gasteiger partial charge in [0.05, 0.1) is 12.7 Å². The van der Waals surface area contributed by atoms with Gasteiger partial charge in [-0.3, -0.25) is 0 Å². The number of likely N-dealkylation sites (N-methyl/N-ethyl adjacent to an activating group) is 1. The number of hydrogen-bond acceptors (Lipinski definition) is 3. The van der Waals surface area contributed by atoms with Gasteiger partial charge in [-0.25, -0.2) is 0 Å². The molecule has 1 saturated heterocycles. The minimum atomic E-state index is 0.453. The zero-order valence-corrected chi connectivity index (χ0v) is 10.5. The molecule has 2 rings (SSSR count). The Morgan fingerprint density at radius 3 is 2.80 bits per heavy atom. The first-order valence-corrected chi connectivity index (χ1v) is 7.42. The van der Waals surface area contributed by atoms with Crippen molar-refractivity contribution in [3.63, 3.8) is 0 Å². The molecule has 0 aromatic rings. The Labute approximate surface area is 97.5 Å². The van der Waals surface area contributed by atoms with Crippen LogP contribution in [-0.4, -0.2) is 37.3 Å². The molecule has 0 spiro atoms. The smallest absolute Gasteiger partial charge is 0.0818 e. The summed E-state index contributed by atoms with van der Waals surface area (Å²) in [6, 6.07) is 0.584. The minimum Gasteiger partial charge on any atom is -0.375 e. The highest BCUT2D eigenvalue weighted by molar-refractivity contribution is 7.99. The molecule has 1 N–H and O–H groups in total. The van der Waals surface area contributed by atoms with Crippen LogP contribution in [0, 0.1) is 5.92 Å². The van der Waals surface area contributed by atoms with E-state index in [1.807, 2.05) is 11.8 Å². The Morgan fingerprint density at radius 1 is 1.40 bits per heavy atom. The lowest BCUT2D eigenvalue weighted by molar-refractivity contribution is 0.0425. The highest BCUT2D eigenvalue weighted by Crippen LogP contribution is 2.30. The SMILES string of the molecule is CNC(CC1CCCC1)C1CSCCO1. The van der Waals surface area contributed by atoms with Gasteiger partial charge in [-0.15, -0.1) is 0 Å². The van der Waals surface area contributed by atoms with Crippen LogP contribution in [-0.2, 0) is 4.74 Å². The van der Waals surface area contributed by atoms with Crippen LogP contribution in [0.2, 0.25) is 0 Å². The molecule has 3 heteroatoms. The van der Waals surface area contributed by atoms with Gasteiger partial charge in [0.25, 0.3) is 0 Å². The molecule has 88 valence electrons. The molecule has 0 aromatic heterocycles. The van der Waals surface area contributed by atoms with Gasteiger partial charge in [-0.2, -0.15) is 11.8 Å². The molecule has 1 aliphatic heterocycles. The zero-order valence-electron chi connectivity index (χ0n) is 9.71. The minimum absolute atomic E-state index is 0.453. The number of rotatable bonds is 4. The molecule has 15 heavy (non-hydrogen) atoms. The predicted molar refractivity (Wildman–Crippen MR) is 66.5 cm³/mol. The third-order valence-electron chi connectivity index (χ3n) is 3.72. The second-order valence-electron chi connectivity index (χ2n) is 4.77. The summed E-state index contributed by atoms with van der Waals surface area (Å²) < 4.78 is 5.86. The Kier molecular flexibility index (Phi) is 4.79. The summed E-state index contributed by atoms with van der Waals surface area (Å²) in [6.07, 6.45) is 7.55. The van der Waals surface area contributed by atoms with E-state index < -0.39 is 0 Å². The fourth-order valence-corrected chi connectivity index (χ4v) is 3.74. The Hall–Kier alpha value is 0.270. The van der Waals surface area contributed by atoms with Crippen LogP contribution in [0.1, 0.15) is 32.1 Å². The quantitative estimate of drug-likeness (QED) is 0.799. The lowest BCUT2D eigenvalue weighted by Gasteiger charge is -2.31. The fraction of sp³-hybridized carbons (Fsp3) is 1.00. The van der Waals surface area contributed by atoms with Crippen LogP contribution in [0.15, 0.2) is 0 Å². The molecule has 2 nitrogen and oxygen atoms in total. The third kappa shape index (κ3) is 3.36. The molecule has 1 saturated carbocycles. The first kappa shape index (κ1) is 11.7. The van der Waals surface area contributed by atoms with Crippen molar-refractivity contribution in [2.45, 2.75) is 44.2 Å². The summed E-state index contributed by atoms with van der Waals surface area (Å²) in [4.78, 5) is 0. The second-order valence-corrected chi connectivity index (χ2v) is 5.92. The van der Waals surface area contributed by atoms with Crippen LogP contribution in [0.3, 0.4) is 0 Å². The fourth-order valence-electron chi connectivity index (χ4n) is 2.80. The summed E-state index contributed by atoms with van der Waals surface area (Å²) in [7, 11) is 2.09. The monoisotopic (exact) mass is 229 g/mol. The van der Waals surface area contributed by atoms with Gasteiger partial charge < -0.3 is 10.1 Å². The maximum Gasteiger partial charge on any atom is 0.0818 e. The van der Waals surface area contributed by atoms with Gasteiger partial charge >= 0.3 is 0 Å². The average Bonchev–Trinajstić information content (AvgIpc) is 2.80. The Bertz CT molecular complexity index is 176. The molecule has 2 fully saturated rings. The highest BCUT2D eigenvalue weighted by Gasteiger charge is 2.27. The molecule has 0 bridgehead atoms. The van der Waals surface area contributed by atoms with E-state index in [2.05, 4.69) is 12.4 Å². The number of hydrogen-bond donors (Lipinski definition) is 1. The standard InChI is InChI=1S/C12H23NOS/c1-13-11(8-10-4-2-3-5-10)12-9-15-7-6-14-12/h10-13H,2-9H2,1H3. The van der Waals surface area contributed by atoms with Gasteiger partial charge in [-0.1, -0.05) is 25.7 Å². The van der Waals surface area contributed by atoms with Crippen LogP contribution >= 0.6 is 11.8 Å². The van der Waals surface area contributed by atoms with E-state index in [9.17, 15) is 0 Å². The summed E-state index contributed by atoms with van der Waals surface area (Å²) >= 11 is 2.04. The Morgan fingerprint density at radius 2 is 2.20 bits per heavy atom. The van der Waals surface area contributed by atoms with Crippen molar-refractivity contribution in [1.29, 1.82) is 0 Å². The molecule has 2 aliphatic rings.